The van der Waals surface area contributed by atoms with Crippen molar-refractivity contribution in [3.63, 3.8) is 0 Å². The van der Waals surface area contributed by atoms with Gasteiger partial charge in [0.05, 0.1) is 5.56 Å². The molecule has 150 valence electrons. The molecule has 0 aromatic heterocycles. The molecule has 0 aliphatic carbocycles. The fourth-order valence-corrected chi connectivity index (χ4v) is 2.61. The van der Waals surface area contributed by atoms with Gasteiger partial charge in [-0.1, -0.05) is 50.2 Å². The number of amides is 2. The highest BCUT2D eigenvalue weighted by molar-refractivity contribution is 5.94. The van der Waals surface area contributed by atoms with Crippen molar-refractivity contribution in [2.75, 3.05) is 13.1 Å². The molecule has 0 saturated heterocycles. The van der Waals surface area contributed by atoms with E-state index in [4.69, 9.17) is 0 Å². The van der Waals surface area contributed by atoms with Crippen LogP contribution in [0.15, 0.2) is 54.6 Å². The molecule has 0 fully saturated rings. The molecule has 0 saturated carbocycles. The number of nitrogens with one attached hydrogen (secondary N) is 2. The Morgan fingerprint density at radius 1 is 0.893 bits per heavy atom. The summed E-state index contributed by atoms with van der Waals surface area (Å²) in [5, 5.41) is 5.38. The van der Waals surface area contributed by atoms with Gasteiger partial charge in [0.25, 0.3) is 5.91 Å². The molecule has 2 aromatic rings. The maximum absolute atomic E-state index is 12.9. The third-order valence-corrected chi connectivity index (χ3v) is 4.37. The molecule has 0 heterocycles. The Balaban J connectivity index is 1.84. The topological polar surface area (TPSA) is 58.2 Å². The lowest BCUT2D eigenvalue weighted by Crippen LogP contribution is -2.38. The van der Waals surface area contributed by atoms with Crippen molar-refractivity contribution >= 4 is 11.8 Å². The van der Waals surface area contributed by atoms with E-state index in [9.17, 15) is 22.8 Å². The van der Waals surface area contributed by atoms with Gasteiger partial charge in [0.2, 0.25) is 5.91 Å². The van der Waals surface area contributed by atoms with E-state index < -0.39 is 17.2 Å². The molecule has 2 rings (SSSR count). The van der Waals surface area contributed by atoms with Gasteiger partial charge >= 0.3 is 6.18 Å². The first-order valence-electron chi connectivity index (χ1n) is 8.87. The summed E-state index contributed by atoms with van der Waals surface area (Å²) in [6.07, 6.45) is -4.33. The first-order valence-corrected chi connectivity index (χ1v) is 8.87. The molecular weight excluding hydrogens is 369 g/mol. The zero-order valence-corrected chi connectivity index (χ0v) is 15.8. The fraction of sp³-hybridized carbons (Fsp3) is 0.333. The van der Waals surface area contributed by atoms with Crippen molar-refractivity contribution in [3.05, 3.63) is 71.3 Å². The van der Waals surface area contributed by atoms with Crippen molar-refractivity contribution < 1.29 is 22.8 Å². The summed E-state index contributed by atoms with van der Waals surface area (Å²) < 4.78 is 38.7. The van der Waals surface area contributed by atoms with E-state index in [-0.39, 0.29) is 31.3 Å². The number of hydrogen-bond donors (Lipinski definition) is 2. The van der Waals surface area contributed by atoms with Crippen LogP contribution in [0.2, 0.25) is 0 Å². The lowest BCUT2D eigenvalue weighted by Gasteiger charge is -2.26. The van der Waals surface area contributed by atoms with Crippen LogP contribution >= 0.6 is 0 Å². The lowest BCUT2D eigenvalue weighted by molar-refractivity contribution is -0.137. The summed E-state index contributed by atoms with van der Waals surface area (Å²) in [4.78, 5) is 23.9. The Morgan fingerprint density at radius 2 is 1.54 bits per heavy atom. The second-order valence-corrected chi connectivity index (χ2v) is 7.11. The van der Waals surface area contributed by atoms with Gasteiger partial charge < -0.3 is 10.6 Å². The van der Waals surface area contributed by atoms with Gasteiger partial charge in [-0.3, -0.25) is 9.59 Å². The molecule has 28 heavy (non-hydrogen) atoms. The SMILES string of the molecule is CC(C)(CNC(=O)CCNC(=O)c1ccccc1)c1cccc(C(F)(F)F)c1. The molecule has 2 N–H and O–H groups in total. The van der Waals surface area contributed by atoms with E-state index in [2.05, 4.69) is 10.6 Å². The lowest BCUT2D eigenvalue weighted by atomic mass is 9.83. The highest BCUT2D eigenvalue weighted by atomic mass is 19.4. The molecule has 0 aliphatic heterocycles. The van der Waals surface area contributed by atoms with Crippen molar-refractivity contribution in [1.29, 1.82) is 0 Å². The number of hydrogen-bond acceptors (Lipinski definition) is 2. The molecule has 0 spiro atoms. The number of carbonyl (C=O) groups is 2. The first kappa shape index (κ1) is 21.5. The predicted octanol–water partition coefficient (Wildman–Crippen LogP) is 3.92. The minimum atomic E-state index is -4.41. The Morgan fingerprint density at radius 3 is 2.18 bits per heavy atom. The maximum atomic E-state index is 12.9. The standard InChI is InChI=1S/C21H23F3N2O2/c1-20(2,16-9-6-10-17(13-16)21(22,23)24)14-26-18(27)11-12-25-19(28)15-7-4-3-5-8-15/h3-10,13H,11-12,14H2,1-2H3,(H,25,28)(H,26,27). The average molecular weight is 392 g/mol. The highest BCUT2D eigenvalue weighted by Crippen LogP contribution is 2.32. The van der Waals surface area contributed by atoms with E-state index in [0.717, 1.165) is 12.1 Å². The minimum Gasteiger partial charge on any atom is -0.355 e. The van der Waals surface area contributed by atoms with E-state index >= 15 is 0 Å². The highest BCUT2D eigenvalue weighted by Gasteiger charge is 2.32. The van der Waals surface area contributed by atoms with Crippen LogP contribution in [-0.4, -0.2) is 24.9 Å². The summed E-state index contributed by atoms with van der Waals surface area (Å²) >= 11 is 0. The summed E-state index contributed by atoms with van der Waals surface area (Å²) in [5.41, 5.74) is -0.397. The molecular formula is C21H23F3N2O2. The summed E-state index contributed by atoms with van der Waals surface area (Å²) in [6.45, 7) is 3.88. The monoisotopic (exact) mass is 392 g/mol. The summed E-state index contributed by atoms with van der Waals surface area (Å²) in [7, 11) is 0. The van der Waals surface area contributed by atoms with E-state index in [1.807, 2.05) is 0 Å². The fourth-order valence-electron chi connectivity index (χ4n) is 2.61. The van der Waals surface area contributed by atoms with Crippen LogP contribution in [0.1, 0.15) is 41.8 Å². The zero-order valence-electron chi connectivity index (χ0n) is 15.8. The Hall–Kier alpha value is -2.83. The second-order valence-electron chi connectivity index (χ2n) is 7.11. The van der Waals surface area contributed by atoms with Gasteiger partial charge in [-0.25, -0.2) is 0 Å². The number of rotatable bonds is 7. The number of benzene rings is 2. The summed E-state index contributed by atoms with van der Waals surface area (Å²) in [5.74, 6) is -0.550. The van der Waals surface area contributed by atoms with E-state index in [1.165, 1.54) is 6.07 Å². The van der Waals surface area contributed by atoms with E-state index in [1.54, 1.807) is 50.2 Å². The quantitative estimate of drug-likeness (QED) is 0.750. The molecule has 2 aromatic carbocycles. The first-order chi connectivity index (χ1) is 13.1. The third kappa shape index (κ3) is 6.11. The van der Waals surface area contributed by atoms with Crippen molar-refractivity contribution in [1.82, 2.24) is 10.6 Å². The number of carbonyl (C=O) groups excluding carboxylic acids is 2. The molecule has 0 unspecified atom stereocenters. The Labute approximate surface area is 162 Å². The summed E-state index contributed by atoms with van der Waals surface area (Å²) in [6, 6.07) is 13.7. The van der Waals surface area contributed by atoms with Crippen LogP contribution in [0.4, 0.5) is 13.2 Å². The zero-order chi connectivity index (χ0) is 20.8. The van der Waals surface area contributed by atoms with Gasteiger partial charge in [-0.15, -0.1) is 0 Å². The molecule has 7 heteroatoms. The van der Waals surface area contributed by atoms with Crippen LogP contribution in [-0.2, 0) is 16.4 Å². The van der Waals surface area contributed by atoms with Crippen LogP contribution < -0.4 is 10.6 Å². The Kier molecular flexibility index (Phi) is 6.83. The normalized spacial score (nSPS) is 11.8. The van der Waals surface area contributed by atoms with Crippen molar-refractivity contribution in [2.45, 2.75) is 31.9 Å². The maximum Gasteiger partial charge on any atom is 0.416 e. The van der Waals surface area contributed by atoms with Gasteiger partial charge in [0.1, 0.15) is 0 Å². The van der Waals surface area contributed by atoms with Gasteiger partial charge in [0, 0.05) is 30.5 Å². The van der Waals surface area contributed by atoms with Crippen LogP contribution in [0.3, 0.4) is 0 Å². The molecule has 0 aliphatic rings. The predicted molar refractivity (Wildman–Crippen MR) is 101 cm³/mol. The van der Waals surface area contributed by atoms with Gasteiger partial charge in [-0.2, -0.15) is 13.2 Å². The largest absolute Gasteiger partial charge is 0.416 e. The smallest absolute Gasteiger partial charge is 0.355 e. The van der Waals surface area contributed by atoms with E-state index in [0.29, 0.717) is 11.1 Å². The molecule has 2 amide bonds. The van der Waals surface area contributed by atoms with Crippen molar-refractivity contribution in [3.8, 4) is 0 Å². The average Bonchev–Trinajstić information content (AvgIpc) is 2.66. The molecule has 0 atom stereocenters. The molecule has 0 radical (unpaired) electrons. The van der Waals surface area contributed by atoms with Gasteiger partial charge in [-0.05, 0) is 23.8 Å². The number of halogens is 3. The van der Waals surface area contributed by atoms with Gasteiger partial charge in [0.15, 0.2) is 0 Å². The van der Waals surface area contributed by atoms with Crippen molar-refractivity contribution in [2.24, 2.45) is 0 Å². The minimum absolute atomic E-state index is 0.0806. The second kappa shape index (κ2) is 8.91. The van der Waals surface area contributed by atoms with Crippen LogP contribution in [0, 0.1) is 0 Å². The number of alkyl halides is 3. The van der Waals surface area contributed by atoms with Crippen LogP contribution in [0.5, 0.6) is 0 Å². The van der Waals surface area contributed by atoms with Crippen LogP contribution in [0.25, 0.3) is 0 Å². The third-order valence-electron chi connectivity index (χ3n) is 4.37. The Bertz CT molecular complexity index is 818. The molecule has 0 bridgehead atoms. The molecule has 4 nitrogen and oxygen atoms in total.